The molecule has 0 spiro atoms. The van der Waals surface area contributed by atoms with Gasteiger partial charge in [-0.25, -0.2) is 0 Å². The van der Waals surface area contributed by atoms with Crippen LogP contribution in [0.25, 0.3) is 0 Å². The first kappa shape index (κ1) is 22.8. The van der Waals surface area contributed by atoms with Crippen LogP contribution in [0.3, 0.4) is 0 Å². The van der Waals surface area contributed by atoms with Gasteiger partial charge < -0.3 is 10.6 Å². The number of hydrogen-bond donors (Lipinski definition) is 2. The molecule has 0 bridgehead atoms. The van der Waals surface area contributed by atoms with Crippen LogP contribution in [0.4, 0.5) is 34.1 Å². The standard InChI is InChI=1S/C32H26N4/c1-5-13-25(14-6-1)23-33-29-21-30(34-24-26-15-7-2-8-16-26)32(36-28-19-11-4-12-20-28)22-31(29)35-27-17-9-3-10-18-27/h1-24,35-36H. The first-order chi connectivity index (χ1) is 17.8. The predicted molar refractivity (Wildman–Crippen MR) is 153 cm³/mol. The highest BCUT2D eigenvalue weighted by atomic mass is 15.0. The first-order valence-corrected chi connectivity index (χ1v) is 11.8. The van der Waals surface area contributed by atoms with Crippen LogP contribution in [0, 0.1) is 0 Å². The van der Waals surface area contributed by atoms with Crippen LogP contribution >= 0.6 is 0 Å². The predicted octanol–water partition coefficient (Wildman–Crippen LogP) is 8.68. The lowest BCUT2D eigenvalue weighted by Crippen LogP contribution is -1.96. The molecule has 0 fully saturated rings. The molecule has 5 aromatic carbocycles. The quantitative estimate of drug-likeness (QED) is 0.225. The van der Waals surface area contributed by atoms with Gasteiger partial charge >= 0.3 is 0 Å². The summed E-state index contributed by atoms with van der Waals surface area (Å²) in [5.74, 6) is 0. The van der Waals surface area contributed by atoms with E-state index >= 15 is 0 Å². The molecule has 0 aromatic heterocycles. The number of para-hydroxylation sites is 2. The Hall–Kier alpha value is -4.96. The number of aliphatic imine (C=N–C) groups is 2. The number of rotatable bonds is 8. The van der Waals surface area contributed by atoms with Gasteiger partial charge in [-0.15, -0.1) is 0 Å². The summed E-state index contributed by atoms with van der Waals surface area (Å²) >= 11 is 0. The van der Waals surface area contributed by atoms with Crippen molar-refractivity contribution in [2.75, 3.05) is 10.6 Å². The second kappa shape index (κ2) is 11.4. The van der Waals surface area contributed by atoms with Crippen molar-refractivity contribution in [1.29, 1.82) is 0 Å². The highest BCUT2D eigenvalue weighted by molar-refractivity contribution is 5.92. The van der Waals surface area contributed by atoms with Crippen molar-refractivity contribution < 1.29 is 0 Å². The van der Waals surface area contributed by atoms with Crippen molar-refractivity contribution in [3.63, 3.8) is 0 Å². The smallest absolute Gasteiger partial charge is 0.0887 e. The van der Waals surface area contributed by atoms with Crippen molar-refractivity contribution >= 4 is 46.6 Å². The zero-order valence-corrected chi connectivity index (χ0v) is 19.8. The lowest BCUT2D eigenvalue weighted by Gasteiger charge is -2.15. The molecule has 0 atom stereocenters. The summed E-state index contributed by atoms with van der Waals surface area (Å²) in [4.78, 5) is 9.69. The summed E-state index contributed by atoms with van der Waals surface area (Å²) in [6.45, 7) is 0. The molecule has 0 saturated heterocycles. The Morgan fingerprint density at radius 2 is 0.778 bits per heavy atom. The van der Waals surface area contributed by atoms with Gasteiger partial charge in [-0.05, 0) is 47.5 Å². The Kier molecular flexibility index (Phi) is 7.26. The lowest BCUT2D eigenvalue weighted by molar-refractivity contribution is 1.43. The minimum atomic E-state index is 0.793. The van der Waals surface area contributed by atoms with Crippen LogP contribution in [0.2, 0.25) is 0 Å². The van der Waals surface area contributed by atoms with Crippen LogP contribution in [0.5, 0.6) is 0 Å². The second-order valence-corrected chi connectivity index (χ2v) is 8.21. The Labute approximate surface area is 211 Å². The van der Waals surface area contributed by atoms with Crippen LogP contribution in [0.15, 0.2) is 143 Å². The van der Waals surface area contributed by atoms with E-state index in [0.29, 0.717) is 0 Å². The second-order valence-electron chi connectivity index (χ2n) is 8.21. The Morgan fingerprint density at radius 1 is 0.417 bits per heavy atom. The average Bonchev–Trinajstić information content (AvgIpc) is 2.94. The SMILES string of the molecule is C(=Nc1cc(N=Cc2ccccc2)c(Nc2ccccc2)cc1Nc1ccccc1)c1ccccc1. The van der Waals surface area contributed by atoms with Crippen molar-refractivity contribution in [3.05, 3.63) is 145 Å². The molecule has 0 heterocycles. The summed E-state index contributed by atoms with van der Waals surface area (Å²) in [5.41, 5.74) is 7.38. The maximum absolute atomic E-state index is 4.85. The van der Waals surface area contributed by atoms with E-state index < -0.39 is 0 Å². The number of anilines is 4. The van der Waals surface area contributed by atoms with E-state index in [4.69, 9.17) is 9.98 Å². The molecule has 0 aliphatic carbocycles. The van der Waals surface area contributed by atoms with Gasteiger partial charge in [0.2, 0.25) is 0 Å². The maximum atomic E-state index is 4.85. The summed E-state index contributed by atoms with van der Waals surface area (Å²) in [7, 11) is 0. The third-order valence-corrected chi connectivity index (χ3v) is 5.52. The van der Waals surface area contributed by atoms with Gasteiger partial charge in [-0.1, -0.05) is 97.1 Å². The molecule has 5 rings (SSSR count). The Morgan fingerprint density at radius 3 is 1.17 bits per heavy atom. The third-order valence-electron chi connectivity index (χ3n) is 5.52. The Balaban J connectivity index is 1.59. The third kappa shape index (κ3) is 6.13. The fraction of sp³-hybridized carbons (Fsp3) is 0. The monoisotopic (exact) mass is 466 g/mol. The Bertz CT molecular complexity index is 1340. The van der Waals surface area contributed by atoms with E-state index in [-0.39, 0.29) is 0 Å². The van der Waals surface area contributed by atoms with Crippen LogP contribution < -0.4 is 10.6 Å². The zero-order chi connectivity index (χ0) is 24.4. The molecule has 0 aliphatic rings. The van der Waals surface area contributed by atoms with Gasteiger partial charge in [0.1, 0.15) is 0 Å². The summed E-state index contributed by atoms with van der Waals surface area (Å²) < 4.78 is 0. The van der Waals surface area contributed by atoms with Gasteiger partial charge in [-0.2, -0.15) is 0 Å². The zero-order valence-electron chi connectivity index (χ0n) is 19.8. The van der Waals surface area contributed by atoms with Crippen LogP contribution in [-0.2, 0) is 0 Å². The van der Waals surface area contributed by atoms with E-state index in [1.165, 1.54) is 0 Å². The van der Waals surface area contributed by atoms with Crippen molar-refractivity contribution in [2.45, 2.75) is 0 Å². The van der Waals surface area contributed by atoms with E-state index in [0.717, 1.165) is 45.3 Å². The number of benzene rings is 5. The molecule has 174 valence electrons. The molecule has 36 heavy (non-hydrogen) atoms. The molecule has 5 aromatic rings. The molecular weight excluding hydrogens is 440 g/mol. The molecule has 0 saturated carbocycles. The molecular formula is C32H26N4. The molecule has 4 heteroatoms. The van der Waals surface area contributed by atoms with E-state index in [2.05, 4.69) is 16.7 Å². The summed E-state index contributed by atoms with van der Waals surface area (Å²) in [6.07, 6.45) is 3.75. The summed E-state index contributed by atoms with van der Waals surface area (Å²) in [6, 6.07) is 44.4. The van der Waals surface area contributed by atoms with Gasteiger partial charge in [0, 0.05) is 23.8 Å². The van der Waals surface area contributed by atoms with Gasteiger partial charge in [0.25, 0.3) is 0 Å². The number of nitrogens with zero attached hydrogens (tertiary/aromatic N) is 2. The minimum Gasteiger partial charge on any atom is -0.354 e. The fourth-order valence-electron chi connectivity index (χ4n) is 3.71. The average molecular weight is 467 g/mol. The van der Waals surface area contributed by atoms with Crippen molar-refractivity contribution in [1.82, 2.24) is 0 Å². The number of nitrogens with one attached hydrogen (secondary N) is 2. The molecule has 0 radical (unpaired) electrons. The fourth-order valence-corrected chi connectivity index (χ4v) is 3.71. The number of hydrogen-bond acceptors (Lipinski definition) is 4. The molecule has 0 unspecified atom stereocenters. The highest BCUT2D eigenvalue weighted by Gasteiger charge is 2.11. The van der Waals surface area contributed by atoms with Crippen molar-refractivity contribution in [2.24, 2.45) is 9.98 Å². The van der Waals surface area contributed by atoms with Crippen molar-refractivity contribution in [3.8, 4) is 0 Å². The first-order valence-electron chi connectivity index (χ1n) is 11.8. The summed E-state index contributed by atoms with van der Waals surface area (Å²) in [5, 5.41) is 7.06. The topological polar surface area (TPSA) is 48.8 Å². The van der Waals surface area contributed by atoms with E-state index in [1.54, 1.807) is 0 Å². The van der Waals surface area contributed by atoms with Gasteiger partial charge in [0.15, 0.2) is 0 Å². The van der Waals surface area contributed by atoms with Gasteiger partial charge in [-0.3, -0.25) is 9.98 Å². The van der Waals surface area contributed by atoms with Crippen LogP contribution in [0.1, 0.15) is 11.1 Å². The van der Waals surface area contributed by atoms with E-state index in [1.807, 2.05) is 140 Å². The molecule has 0 aliphatic heterocycles. The van der Waals surface area contributed by atoms with Crippen LogP contribution in [-0.4, -0.2) is 12.4 Å². The van der Waals surface area contributed by atoms with Gasteiger partial charge in [0.05, 0.1) is 22.7 Å². The largest absolute Gasteiger partial charge is 0.354 e. The normalized spacial score (nSPS) is 11.1. The maximum Gasteiger partial charge on any atom is 0.0887 e. The molecule has 0 amide bonds. The van der Waals surface area contributed by atoms with E-state index in [9.17, 15) is 0 Å². The minimum absolute atomic E-state index is 0.793. The highest BCUT2D eigenvalue weighted by Crippen LogP contribution is 2.39. The lowest BCUT2D eigenvalue weighted by atomic mass is 10.1. The molecule has 4 nitrogen and oxygen atoms in total. The molecule has 2 N–H and O–H groups in total.